The normalized spacial score (nSPS) is 11.6. The Kier molecular flexibility index (Phi) is 4.85. The molecular weight excluding hydrogens is 397 g/mol. The van der Waals surface area contributed by atoms with Crippen LogP contribution in [0.4, 0.5) is 13.2 Å². The SMILES string of the molecule is CCn1nc(-c2cccc(Br)c2)cc1Oc1ccc(C(F)(F)F)cc1. The van der Waals surface area contributed by atoms with Gasteiger partial charge in [0, 0.05) is 22.6 Å². The molecule has 0 spiro atoms. The number of ether oxygens (including phenoxy) is 1. The average molecular weight is 411 g/mol. The van der Waals surface area contributed by atoms with E-state index >= 15 is 0 Å². The molecule has 0 aliphatic rings. The molecule has 0 N–H and O–H groups in total. The topological polar surface area (TPSA) is 27.1 Å². The van der Waals surface area contributed by atoms with Gasteiger partial charge in [-0.25, -0.2) is 4.68 Å². The summed E-state index contributed by atoms with van der Waals surface area (Å²) in [5.41, 5.74) is 0.933. The van der Waals surface area contributed by atoms with Gasteiger partial charge in [-0.1, -0.05) is 28.1 Å². The van der Waals surface area contributed by atoms with Crippen molar-refractivity contribution in [3.8, 4) is 22.9 Å². The minimum Gasteiger partial charge on any atom is -0.439 e. The maximum absolute atomic E-state index is 12.6. The van der Waals surface area contributed by atoms with Crippen LogP contribution in [0.2, 0.25) is 0 Å². The highest BCUT2D eigenvalue weighted by Gasteiger charge is 2.30. The lowest BCUT2D eigenvalue weighted by atomic mass is 10.2. The number of benzene rings is 2. The predicted octanol–water partition coefficient (Wildman–Crippen LogP) is 6.14. The van der Waals surface area contributed by atoms with E-state index in [0.29, 0.717) is 18.2 Å². The van der Waals surface area contributed by atoms with E-state index in [-0.39, 0.29) is 0 Å². The van der Waals surface area contributed by atoms with E-state index in [0.717, 1.165) is 27.9 Å². The van der Waals surface area contributed by atoms with Gasteiger partial charge in [-0.2, -0.15) is 18.3 Å². The van der Waals surface area contributed by atoms with Crippen molar-refractivity contribution in [2.75, 3.05) is 0 Å². The Morgan fingerprint density at radius 2 is 1.80 bits per heavy atom. The molecule has 0 aliphatic heterocycles. The predicted molar refractivity (Wildman–Crippen MR) is 92.6 cm³/mol. The van der Waals surface area contributed by atoms with Crippen molar-refractivity contribution in [3.63, 3.8) is 0 Å². The molecule has 0 unspecified atom stereocenters. The molecule has 0 radical (unpaired) electrons. The number of aromatic nitrogens is 2. The summed E-state index contributed by atoms with van der Waals surface area (Å²) in [5, 5.41) is 4.48. The van der Waals surface area contributed by atoms with Crippen LogP contribution in [0.25, 0.3) is 11.3 Å². The molecule has 0 fully saturated rings. The molecule has 0 bridgehead atoms. The van der Waals surface area contributed by atoms with Crippen molar-refractivity contribution < 1.29 is 17.9 Å². The van der Waals surface area contributed by atoms with Crippen LogP contribution in [-0.4, -0.2) is 9.78 Å². The van der Waals surface area contributed by atoms with E-state index in [9.17, 15) is 13.2 Å². The lowest BCUT2D eigenvalue weighted by Gasteiger charge is -2.09. The van der Waals surface area contributed by atoms with Gasteiger partial charge in [0.2, 0.25) is 5.88 Å². The molecule has 0 saturated heterocycles. The first-order chi connectivity index (χ1) is 11.9. The molecule has 130 valence electrons. The molecule has 1 heterocycles. The number of rotatable bonds is 4. The molecular formula is C18H14BrF3N2O. The van der Waals surface area contributed by atoms with Gasteiger partial charge in [-0.05, 0) is 43.3 Å². The second kappa shape index (κ2) is 6.92. The van der Waals surface area contributed by atoms with Crippen LogP contribution < -0.4 is 4.74 Å². The largest absolute Gasteiger partial charge is 0.439 e. The fourth-order valence-electron chi connectivity index (χ4n) is 2.33. The van der Waals surface area contributed by atoms with Crippen LogP contribution in [0, 0.1) is 0 Å². The highest BCUT2D eigenvalue weighted by atomic mass is 79.9. The van der Waals surface area contributed by atoms with E-state index in [1.54, 1.807) is 10.7 Å². The highest BCUT2D eigenvalue weighted by molar-refractivity contribution is 9.10. The fourth-order valence-corrected chi connectivity index (χ4v) is 2.73. The Morgan fingerprint density at radius 1 is 1.08 bits per heavy atom. The maximum Gasteiger partial charge on any atom is 0.416 e. The van der Waals surface area contributed by atoms with Crippen molar-refractivity contribution in [1.29, 1.82) is 0 Å². The molecule has 0 saturated carbocycles. The number of nitrogens with zero attached hydrogens (tertiary/aromatic N) is 2. The molecule has 3 nitrogen and oxygen atoms in total. The van der Waals surface area contributed by atoms with Gasteiger partial charge in [-0.3, -0.25) is 0 Å². The van der Waals surface area contributed by atoms with E-state index in [1.807, 2.05) is 31.2 Å². The summed E-state index contributed by atoms with van der Waals surface area (Å²) < 4.78 is 46.2. The van der Waals surface area contributed by atoms with Gasteiger partial charge in [0.1, 0.15) is 5.75 Å². The van der Waals surface area contributed by atoms with Crippen molar-refractivity contribution >= 4 is 15.9 Å². The number of aryl methyl sites for hydroxylation is 1. The van der Waals surface area contributed by atoms with E-state index < -0.39 is 11.7 Å². The van der Waals surface area contributed by atoms with Gasteiger partial charge in [0.15, 0.2) is 0 Å². The summed E-state index contributed by atoms with van der Waals surface area (Å²) >= 11 is 3.42. The van der Waals surface area contributed by atoms with Gasteiger partial charge in [0.25, 0.3) is 0 Å². The standard InChI is InChI=1S/C18H14BrF3N2O/c1-2-24-17(11-16(23-24)12-4-3-5-14(19)10-12)25-15-8-6-13(7-9-15)18(20,21)22/h3-11H,2H2,1H3. The zero-order chi connectivity index (χ0) is 18.0. The minimum atomic E-state index is -4.36. The van der Waals surface area contributed by atoms with Crippen LogP contribution in [0.1, 0.15) is 12.5 Å². The molecule has 3 rings (SSSR count). The van der Waals surface area contributed by atoms with E-state index in [1.165, 1.54) is 12.1 Å². The summed E-state index contributed by atoms with van der Waals surface area (Å²) in [6.45, 7) is 2.49. The first-order valence-corrected chi connectivity index (χ1v) is 8.35. The Morgan fingerprint density at radius 3 is 2.40 bits per heavy atom. The second-order valence-electron chi connectivity index (χ2n) is 5.32. The van der Waals surface area contributed by atoms with Crippen LogP contribution in [-0.2, 0) is 12.7 Å². The maximum atomic E-state index is 12.6. The summed E-state index contributed by atoms with van der Waals surface area (Å²) in [6, 6.07) is 14.0. The monoisotopic (exact) mass is 410 g/mol. The molecule has 25 heavy (non-hydrogen) atoms. The van der Waals surface area contributed by atoms with Crippen LogP contribution in [0.3, 0.4) is 0 Å². The molecule has 0 aliphatic carbocycles. The second-order valence-corrected chi connectivity index (χ2v) is 6.23. The Bertz CT molecular complexity index is 873. The van der Waals surface area contributed by atoms with Crippen molar-refractivity contribution in [2.45, 2.75) is 19.6 Å². The smallest absolute Gasteiger partial charge is 0.416 e. The third-order valence-electron chi connectivity index (χ3n) is 3.57. The fraction of sp³-hybridized carbons (Fsp3) is 0.167. The number of alkyl halides is 3. The van der Waals surface area contributed by atoms with Crippen LogP contribution >= 0.6 is 15.9 Å². The third kappa shape index (κ3) is 4.04. The van der Waals surface area contributed by atoms with Gasteiger partial charge < -0.3 is 4.74 Å². The number of hydrogen-bond donors (Lipinski definition) is 0. The molecule has 1 aromatic heterocycles. The first-order valence-electron chi connectivity index (χ1n) is 7.55. The Balaban J connectivity index is 1.87. The minimum absolute atomic E-state index is 0.323. The van der Waals surface area contributed by atoms with Crippen LogP contribution in [0.15, 0.2) is 59.1 Å². The average Bonchev–Trinajstić information content (AvgIpc) is 2.97. The molecule has 7 heteroatoms. The van der Waals surface area contributed by atoms with Crippen molar-refractivity contribution in [2.24, 2.45) is 0 Å². The number of halogens is 4. The molecule has 0 atom stereocenters. The Hall–Kier alpha value is -2.28. The third-order valence-corrected chi connectivity index (χ3v) is 4.06. The van der Waals surface area contributed by atoms with Gasteiger partial charge in [-0.15, -0.1) is 0 Å². The zero-order valence-electron chi connectivity index (χ0n) is 13.2. The highest BCUT2D eigenvalue weighted by Crippen LogP contribution is 2.32. The van der Waals surface area contributed by atoms with E-state index in [4.69, 9.17) is 4.74 Å². The van der Waals surface area contributed by atoms with Crippen LogP contribution in [0.5, 0.6) is 11.6 Å². The zero-order valence-corrected chi connectivity index (χ0v) is 14.8. The lowest BCUT2D eigenvalue weighted by molar-refractivity contribution is -0.137. The summed E-state index contributed by atoms with van der Waals surface area (Å²) in [4.78, 5) is 0. The molecule has 3 aromatic rings. The summed E-state index contributed by atoms with van der Waals surface area (Å²) in [6.07, 6.45) is -4.36. The summed E-state index contributed by atoms with van der Waals surface area (Å²) in [5.74, 6) is 0.792. The van der Waals surface area contributed by atoms with E-state index in [2.05, 4.69) is 21.0 Å². The Labute approximate surface area is 151 Å². The van der Waals surface area contributed by atoms with Crippen molar-refractivity contribution in [1.82, 2.24) is 9.78 Å². The number of hydrogen-bond acceptors (Lipinski definition) is 2. The van der Waals surface area contributed by atoms with Gasteiger partial charge >= 0.3 is 6.18 Å². The quantitative estimate of drug-likeness (QED) is 0.516. The molecule has 2 aromatic carbocycles. The van der Waals surface area contributed by atoms with Crippen molar-refractivity contribution in [3.05, 3.63) is 64.6 Å². The lowest BCUT2D eigenvalue weighted by Crippen LogP contribution is -2.04. The first kappa shape index (κ1) is 17.5. The molecule has 0 amide bonds. The summed E-state index contributed by atoms with van der Waals surface area (Å²) in [7, 11) is 0. The van der Waals surface area contributed by atoms with Gasteiger partial charge in [0.05, 0.1) is 11.3 Å².